The van der Waals surface area contributed by atoms with Crippen LogP contribution in [0.15, 0.2) is 18.2 Å². The summed E-state index contributed by atoms with van der Waals surface area (Å²) >= 11 is 6.01. The Hall–Kier alpha value is -1.06. The predicted octanol–water partition coefficient (Wildman–Crippen LogP) is 3.37. The van der Waals surface area contributed by atoms with Gasteiger partial charge >= 0.3 is 0 Å². The van der Waals surface area contributed by atoms with E-state index in [1.807, 2.05) is 18.2 Å². The zero-order valence-corrected chi connectivity index (χ0v) is 11.8. The molecule has 0 saturated carbocycles. The maximum atomic E-state index is 9.02. The number of aromatic nitrogens is 2. The molecule has 0 aliphatic heterocycles. The van der Waals surface area contributed by atoms with Gasteiger partial charge in [-0.2, -0.15) is 0 Å². The number of hydrogen-bond acceptors (Lipinski definition) is 2. The van der Waals surface area contributed by atoms with Gasteiger partial charge in [-0.1, -0.05) is 32.4 Å². The SMILES string of the molecule is CC(C)(C)c1nc2cc(Cl)ccc2n1CCCO. The summed E-state index contributed by atoms with van der Waals surface area (Å²) in [6, 6.07) is 5.77. The molecule has 3 nitrogen and oxygen atoms in total. The van der Waals surface area contributed by atoms with E-state index in [1.54, 1.807) is 0 Å². The van der Waals surface area contributed by atoms with Crippen LogP contribution in [0, 0.1) is 0 Å². The summed E-state index contributed by atoms with van der Waals surface area (Å²) in [7, 11) is 0. The van der Waals surface area contributed by atoms with Crippen LogP contribution in [0.1, 0.15) is 33.0 Å². The van der Waals surface area contributed by atoms with E-state index in [0.717, 1.165) is 29.8 Å². The minimum Gasteiger partial charge on any atom is -0.396 e. The van der Waals surface area contributed by atoms with Gasteiger partial charge in [0.2, 0.25) is 0 Å². The molecule has 4 heteroatoms. The standard InChI is InChI=1S/C14H19ClN2O/c1-14(2,3)13-16-11-9-10(15)5-6-12(11)17(13)7-4-8-18/h5-6,9,18H,4,7-8H2,1-3H3. The van der Waals surface area contributed by atoms with E-state index in [4.69, 9.17) is 21.7 Å². The van der Waals surface area contributed by atoms with Crippen LogP contribution >= 0.6 is 11.6 Å². The summed E-state index contributed by atoms with van der Waals surface area (Å²) in [4.78, 5) is 4.69. The summed E-state index contributed by atoms with van der Waals surface area (Å²) in [5, 5.41) is 9.72. The highest BCUT2D eigenvalue weighted by Crippen LogP contribution is 2.28. The Morgan fingerprint density at radius 1 is 1.33 bits per heavy atom. The second-order valence-corrected chi connectivity index (χ2v) is 5.98. The Morgan fingerprint density at radius 2 is 2.06 bits per heavy atom. The summed E-state index contributed by atoms with van der Waals surface area (Å²) in [6.07, 6.45) is 0.733. The minimum atomic E-state index is -0.0268. The van der Waals surface area contributed by atoms with Gasteiger partial charge in [0.05, 0.1) is 11.0 Å². The molecule has 1 aromatic carbocycles. The molecule has 2 rings (SSSR count). The fourth-order valence-electron chi connectivity index (χ4n) is 2.13. The highest BCUT2D eigenvalue weighted by atomic mass is 35.5. The predicted molar refractivity (Wildman–Crippen MR) is 75.1 cm³/mol. The number of rotatable bonds is 3. The van der Waals surface area contributed by atoms with Gasteiger partial charge in [0.25, 0.3) is 0 Å². The number of aliphatic hydroxyl groups excluding tert-OH is 1. The topological polar surface area (TPSA) is 38.0 Å². The molecule has 0 aliphatic carbocycles. The molecule has 0 radical (unpaired) electrons. The lowest BCUT2D eigenvalue weighted by atomic mass is 9.95. The van der Waals surface area contributed by atoms with Gasteiger partial charge in [-0.15, -0.1) is 0 Å². The van der Waals surface area contributed by atoms with Gasteiger partial charge in [-0.25, -0.2) is 4.98 Å². The average Bonchev–Trinajstić information content (AvgIpc) is 2.63. The van der Waals surface area contributed by atoms with E-state index in [9.17, 15) is 0 Å². The van der Waals surface area contributed by atoms with Crippen molar-refractivity contribution in [2.75, 3.05) is 6.61 Å². The number of aliphatic hydroxyl groups is 1. The first kappa shape index (κ1) is 13.4. The van der Waals surface area contributed by atoms with Crippen molar-refractivity contribution >= 4 is 22.6 Å². The molecule has 98 valence electrons. The Kier molecular flexibility index (Phi) is 3.64. The summed E-state index contributed by atoms with van der Waals surface area (Å²) in [5.74, 6) is 1.04. The first-order chi connectivity index (χ1) is 8.43. The number of hydrogen-bond donors (Lipinski definition) is 1. The molecule has 0 fully saturated rings. The normalized spacial score (nSPS) is 12.3. The van der Waals surface area contributed by atoms with Crippen LogP contribution in [-0.2, 0) is 12.0 Å². The maximum Gasteiger partial charge on any atom is 0.115 e. The van der Waals surface area contributed by atoms with Crippen molar-refractivity contribution in [2.45, 2.75) is 39.2 Å². The third kappa shape index (κ3) is 2.52. The van der Waals surface area contributed by atoms with Gasteiger partial charge < -0.3 is 9.67 Å². The van der Waals surface area contributed by atoms with Crippen molar-refractivity contribution in [1.82, 2.24) is 9.55 Å². The van der Waals surface area contributed by atoms with Crippen molar-refractivity contribution in [3.8, 4) is 0 Å². The molecule has 1 N–H and O–H groups in total. The monoisotopic (exact) mass is 266 g/mol. The molecule has 0 spiro atoms. The number of imidazole rings is 1. The van der Waals surface area contributed by atoms with Crippen LogP contribution in [0.25, 0.3) is 11.0 Å². The number of fused-ring (bicyclic) bond motifs is 1. The Labute approximate surface area is 112 Å². The molecule has 0 bridgehead atoms. The average molecular weight is 267 g/mol. The van der Waals surface area contributed by atoms with Crippen LogP contribution in [0.3, 0.4) is 0 Å². The first-order valence-corrected chi connectivity index (χ1v) is 6.58. The van der Waals surface area contributed by atoms with E-state index in [0.29, 0.717) is 5.02 Å². The van der Waals surface area contributed by atoms with Crippen molar-refractivity contribution in [1.29, 1.82) is 0 Å². The lowest BCUT2D eigenvalue weighted by Crippen LogP contribution is -2.19. The Bertz CT molecular complexity index is 555. The van der Waals surface area contributed by atoms with Gasteiger partial charge in [0, 0.05) is 23.6 Å². The largest absolute Gasteiger partial charge is 0.396 e. The molecule has 0 saturated heterocycles. The lowest BCUT2D eigenvalue weighted by Gasteiger charge is -2.20. The molecule has 0 amide bonds. The van der Waals surface area contributed by atoms with E-state index in [-0.39, 0.29) is 12.0 Å². The van der Waals surface area contributed by atoms with E-state index in [2.05, 4.69) is 25.3 Å². The molecule has 0 aliphatic rings. The van der Waals surface area contributed by atoms with Gasteiger partial charge in [0.1, 0.15) is 5.82 Å². The number of benzene rings is 1. The van der Waals surface area contributed by atoms with E-state index >= 15 is 0 Å². The molecule has 0 unspecified atom stereocenters. The number of aryl methyl sites for hydroxylation is 1. The molecular weight excluding hydrogens is 248 g/mol. The number of halogens is 1. The molecule has 1 heterocycles. The zero-order chi connectivity index (χ0) is 13.3. The van der Waals surface area contributed by atoms with Crippen molar-refractivity contribution in [3.05, 3.63) is 29.0 Å². The van der Waals surface area contributed by atoms with Crippen LogP contribution in [0.5, 0.6) is 0 Å². The van der Waals surface area contributed by atoms with E-state index in [1.165, 1.54) is 0 Å². The van der Waals surface area contributed by atoms with Crippen LogP contribution in [0.2, 0.25) is 5.02 Å². The Morgan fingerprint density at radius 3 is 2.67 bits per heavy atom. The second-order valence-electron chi connectivity index (χ2n) is 5.55. The minimum absolute atomic E-state index is 0.0268. The number of nitrogens with zero attached hydrogens (tertiary/aromatic N) is 2. The van der Waals surface area contributed by atoms with Gasteiger partial charge in [0.15, 0.2) is 0 Å². The van der Waals surface area contributed by atoms with Crippen molar-refractivity contribution in [3.63, 3.8) is 0 Å². The quantitative estimate of drug-likeness (QED) is 0.925. The molecule has 0 atom stereocenters. The summed E-state index contributed by atoms with van der Waals surface area (Å²) in [6.45, 7) is 7.40. The van der Waals surface area contributed by atoms with E-state index < -0.39 is 0 Å². The van der Waals surface area contributed by atoms with Gasteiger partial charge in [-0.3, -0.25) is 0 Å². The lowest BCUT2D eigenvalue weighted by molar-refractivity contribution is 0.278. The molecule has 18 heavy (non-hydrogen) atoms. The summed E-state index contributed by atoms with van der Waals surface area (Å²) < 4.78 is 2.18. The Balaban J connectivity index is 2.60. The van der Waals surface area contributed by atoms with Crippen LogP contribution in [0.4, 0.5) is 0 Å². The van der Waals surface area contributed by atoms with Crippen molar-refractivity contribution in [2.24, 2.45) is 0 Å². The molecule has 2 aromatic rings. The molecule has 1 aromatic heterocycles. The highest BCUT2D eigenvalue weighted by Gasteiger charge is 2.22. The van der Waals surface area contributed by atoms with Gasteiger partial charge in [-0.05, 0) is 24.6 Å². The van der Waals surface area contributed by atoms with Crippen LogP contribution < -0.4 is 0 Å². The fraction of sp³-hybridized carbons (Fsp3) is 0.500. The highest BCUT2D eigenvalue weighted by molar-refractivity contribution is 6.31. The smallest absolute Gasteiger partial charge is 0.115 e. The first-order valence-electron chi connectivity index (χ1n) is 6.20. The van der Waals surface area contributed by atoms with Crippen molar-refractivity contribution < 1.29 is 5.11 Å². The second kappa shape index (κ2) is 4.90. The third-order valence-electron chi connectivity index (χ3n) is 2.92. The zero-order valence-electron chi connectivity index (χ0n) is 11.1. The van der Waals surface area contributed by atoms with Crippen LogP contribution in [-0.4, -0.2) is 21.3 Å². The molecular formula is C14H19ClN2O. The third-order valence-corrected chi connectivity index (χ3v) is 3.16. The fourth-order valence-corrected chi connectivity index (χ4v) is 2.30. The maximum absolute atomic E-state index is 9.02. The summed E-state index contributed by atoms with van der Waals surface area (Å²) in [5.41, 5.74) is 1.98.